The third-order valence-corrected chi connectivity index (χ3v) is 2.76. The van der Waals surface area contributed by atoms with Crippen LogP contribution in [-0.2, 0) is 6.42 Å². The van der Waals surface area contributed by atoms with Gasteiger partial charge >= 0.3 is 0 Å². The Hall–Kier alpha value is -2.23. The molecule has 0 bridgehead atoms. The lowest BCUT2D eigenvalue weighted by atomic mass is 10.1. The summed E-state index contributed by atoms with van der Waals surface area (Å²) in [7, 11) is 1.63. The number of halogens is 1. The fourth-order valence-electron chi connectivity index (χ4n) is 1.71. The predicted molar refractivity (Wildman–Crippen MR) is 73.0 cm³/mol. The van der Waals surface area contributed by atoms with Gasteiger partial charge in [-0.05, 0) is 29.8 Å². The number of hydrogen-bond acceptors (Lipinski definition) is 3. The minimum Gasteiger partial charge on any atom is -0.497 e. The second-order valence-corrected chi connectivity index (χ2v) is 4.14. The number of nitrogen functional groups attached to an aromatic ring is 1. The van der Waals surface area contributed by atoms with Crippen molar-refractivity contribution in [2.24, 2.45) is 0 Å². The maximum Gasteiger partial charge on any atom is 0.167 e. The molecule has 19 heavy (non-hydrogen) atoms. The van der Waals surface area contributed by atoms with Gasteiger partial charge in [0.2, 0.25) is 0 Å². The lowest BCUT2D eigenvalue weighted by Crippen LogP contribution is -2.03. The van der Waals surface area contributed by atoms with Crippen LogP contribution in [-0.4, -0.2) is 13.7 Å². The molecule has 2 aromatic rings. The van der Waals surface area contributed by atoms with Gasteiger partial charge in [-0.1, -0.05) is 12.1 Å². The summed E-state index contributed by atoms with van der Waals surface area (Å²) in [6.07, 6.45) is 0.702. The molecule has 0 amide bonds. The molecule has 0 aliphatic rings. The van der Waals surface area contributed by atoms with E-state index in [-0.39, 0.29) is 5.75 Å². The van der Waals surface area contributed by atoms with Gasteiger partial charge in [-0.3, -0.25) is 0 Å². The highest BCUT2D eigenvalue weighted by atomic mass is 19.1. The molecular weight excluding hydrogens is 245 g/mol. The Morgan fingerprint density at radius 2 is 1.84 bits per heavy atom. The monoisotopic (exact) mass is 261 g/mol. The number of methoxy groups -OCH3 is 1. The van der Waals surface area contributed by atoms with Crippen molar-refractivity contribution >= 4 is 5.69 Å². The molecule has 0 unspecified atom stereocenters. The van der Waals surface area contributed by atoms with Gasteiger partial charge in [0, 0.05) is 18.2 Å². The fraction of sp³-hybridized carbons (Fsp3) is 0.200. The second kappa shape index (κ2) is 6.09. The topological polar surface area (TPSA) is 44.5 Å². The molecule has 0 saturated carbocycles. The maximum atomic E-state index is 13.5. The van der Waals surface area contributed by atoms with Gasteiger partial charge in [0.1, 0.15) is 5.75 Å². The van der Waals surface area contributed by atoms with Gasteiger partial charge < -0.3 is 15.2 Å². The molecule has 0 atom stereocenters. The van der Waals surface area contributed by atoms with E-state index in [1.54, 1.807) is 19.2 Å². The molecule has 0 aromatic heterocycles. The second-order valence-electron chi connectivity index (χ2n) is 4.14. The van der Waals surface area contributed by atoms with E-state index < -0.39 is 5.82 Å². The average molecular weight is 261 g/mol. The molecule has 0 aliphatic carbocycles. The van der Waals surface area contributed by atoms with E-state index in [1.807, 2.05) is 24.3 Å². The van der Waals surface area contributed by atoms with Crippen LogP contribution in [0.25, 0.3) is 0 Å². The molecule has 0 aliphatic heterocycles. The van der Waals surface area contributed by atoms with Crippen LogP contribution in [0.15, 0.2) is 42.5 Å². The first-order valence-electron chi connectivity index (χ1n) is 6.00. The standard InChI is InChI=1S/C15H16FNO2/c1-18-13-5-2-11(3-6-13)8-9-19-15-7-4-12(17)10-14(15)16/h2-7,10H,8-9,17H2,1H3. The number of hydrogen-bond donors (Lipinski definition) is 1. The van der Waals surface area contributed by atoms with Crippen molar-refractivity contribution in [1.82, 2.24) is 0 Å². The van der Waals surface area contributed by atoms with E-state index in [2.05, 4.69) is 0 Å². The van der Waals surface area contributed by atoms with Gasteiger partial charge in [0.05, 0.1) is 13.7 Å². The van der Waals surface area contributed by atoms with Gasteiger partial charge in [0.25, 0.3) is 0 Å². The van der Waals surface area contributed by atoms with Crippen LogP contribution >= 0.6 is 0 Å². The lowest BCUT2D eigenvalue weighted by Gasteiger charge is -2.08. The molecule has 2 N–H and O–H groups in total. The first kappa shape index (κ1) is 13.2. The molecule has 3 nitrogen and oxygen atoms in total. The van der Waals surface area contributed by atoms with E-state index in [9.17, 15) is 4.39 Å². The van der Waals surface area contributed by atoms with E-state index in [0.29, 0.717) is 18.7 Å². The molecule has 100 valence electrons. The molecule has 0 saturated heterocycles. The average Bonchev–Trinajstić information content (AvgIpc) is 2.42. The molecule has 2 aromatic carbocycles. The van der Waals surface area contributed by atoms with Crippen molar-refractivity contribution in [1.29, 1.82) is 0 Å². The predicted octanol–water partition coefficient (Wildman–Crippen LogP) is 3.04. The third-order valence-electron chi connectivity index (χ3n) is 2.76. The van der Waals surface area contributed by atoms with E-state index in [1.165, 1.54) is 6.07 Å². The molecule has 0 spiro atoms. The van der Waals surface area contributed by atoms with Crippen LogP contribution in [0.1, 0.15) is 5.56 Å². The summed E-state index contributed by atoms with van der Waals surface area (Å²) in [5, 5.41) is 0. The number of anilines is 1. The number of nitrogens with two attached hydrogens (primary N) is 1. The van der Waals surface area contributed by atoms with Gasteiger partial charge in [0.15, 0.2) is 11.6 Å². The van der Waals surface area contributed by atoms with E-state index in [0.717, 1.165) is 11.3 Å². The Kier molecular flexibility index (Phi) is 4.23. The lowest BCUT2D eigenvalue weighted by molar-refractivity contribution is 0.305. The fourth-order valence-corrected chi connectivity index (χ4v) is 1.71. The molecule has 0 fully saturated rings. The molecular formula is C15H16FNO2. The van der Waals surface area contributed by atoms with E-state index in [4.69, 9.17) is 15.2 Å². The number of rotatable bonds is 5. The highest BCUT2D eigenvalue weighted by Gasteiger charge is 2.03. The zero-order valence-corrected chi connectivity index (χ0v) is 10.7. The molecule has 0 heterocycles. The zero-order chi connectivity index (χ0) is 13.7. The Morgan fingerprint density at radius 3 is 2.47 bits per heavy atom. The Balaban J connectivity index is 1.88. The Labute approximate surface area is 111 Å². The normalized spacial score (nSPS) is 10.2. The highest BCUT2D eigenvalue weighted by Crippen LogP contribution is 2.19. The minimum atomic E-state index is -0.435. The summed E-state index contributed by atoms with van der Waals surface area (Å²) >= 11 is 0. The summed E-state index contributed by atoms with van der Waals surface area (Å²) in [6, 6.07) is 12.1. The maximum absolute atomic E-state index is 13.5. The van der Waals surface area contributed by atoms with Gasteiger partial charge in [-0.2, -0.15) is 0 Å². The largest absolute Gasteiger partial charge is 0.497 e. The number of ether oxygens (including phenoxy) is 2. The summed E-state index contributed by atoms with van der Waals surface area (Å²) in [5.74, 6) is 0.603. The summed E-state index contributed by atoms with van der Waals surface area (Å²) in [6.45, 7) is 0.410. The van der Waals surface area contributed by atoms with Crippen LogP contribution in [0.5, 0.6) is 11.5 Å². The molecule has 4 heteroatoms. The zero-order valence-electron chi connectivity index (χ0n) is 10.7. The third kappa shape index (κ3) is 3.61. The molecule has 2 rings (SSSR count). The summed E-state index contributed by atoms with van der Waals surface area (Å²) in [4.78, 5) is 0. The van der Waals surface area contributed by atoms with Crippen molar-refractivity contribution in [3.8, 4) is 11.5 Å². The van der Waals surface area contributed by atoms with Crippen LogP contribution in [0.4, 0.5) is 10.1 Å². The van der Waals surface area contributed by atoms with Crippen LogP contribution < -0.4 is 15.2 Å². The Morgan fingerprint density at radius 1 is 1.11 bits per heavy atom. The molecule has 0 radical (unpaired) electrons. The van der Waals surface area contributed by atoms with Crippen molar-refractivity contribution in [2.45, 2.75) is 6.42 Å². The van der Waals surface area contributed by atoms with Crippen molar-refractivity contribution in [3.05, 3.63) is 53.8 Å². The van der Waals surface area contributed by atoms with Crippen molar-refractivity contribution in [2.75, 3.05) is 19.5 Å². The smallest absolute Gasteiger partial charge is 0.167 e. The number of benzene rings is 2. The van der Waals surface area contributed by atoms with E-state index >= 15 is 0 Å². The minimum absolute atomic E-state index is 0.225. The van der Waals surface area contributed by atoms with Gasteiger partial charge in [-0.25, -0.2) is 4.39 Å². The Bertz CT molecular complexity index is 540. The van der Waals surface area contributed by atoms with Crippen molar-refractivity contribution < 1.29 is 13.9 Å². The SMILES string of the molecule is COc1ccc(CCOc2ccc(N)cc2F)cc1. The quantitative estimate of drug-likeness (QED) is 0.841. The van der Waals surface area contributed by atoms with Crippen molar-refractivity contribution in [3.63, 3.8) is 0 Å². The highest BCUT2D eigenvalue weighted by molar-refractivity contribution is 5.42. The first-order chi connectivity index (χ1) is 9.19. The van der Waals surface area contributed by atoms with Crippen LogP contribution in [0, 0.1) is 5.82 Å². The van der Waals surface area contributed by atoms with Crippen LogP contribution in [0.2, 0.25) is 0 Å². The van der Waals surface area contributed by atoms with Crippen LogP contribution in [0.3, 0.4) is 0 Å². The summed E-state index contributed by atoms with van der Waals surface area (Å²) < 4.78 is 23.9. The first-order valence-corrected chi connectivity index (χ1v) is 6.00. The summed E-state index contributed by atoms with van der Waals surface area (Å²) in [5.41, 5.74) is 6.96. The van der Waals surface area contributed by atoms with Gasteiger partial charge in [-0.15, -0.1) is 0 Å².